The minimum atomic E-state index is -0.292. The van der Waals surface area contributed by atoms with Gasteiger partial charge in [-0.15, -0.1) is 0 Å². The van der Waals surface area contributed by atoms with Crippen LogP contribution in [0.2, 0.25) is 0 Å². The molecule has 0 aromatic heterocycles. The van der Waals surface area contributed by atoms with Crippen molar-refractivity contribution in [1.29, 1.82) is 0 Å². The lowest BCUT2D eigenvalue weighted by atomic mass is 9.48. The molecule has 8 aliphatic rings. The lowest BCUT2D eigenvalue weighted by Gasteiger charge is -2.57. The molecule has 44 heteroatoms. The number of carbonyl (C=O) groups is 1. The molecule has 8 fully saturated rings. The maximum atomic E-state index is 11.1. The topological polar surface area (TPSA) is 170 Å². The molecule has 0 aliphatic heterocycles. The molecule has 6 aromatic carbocycles. The van der Waals surface area contributed by atoms with Crippen molar-refractivity contribution in [3.05, 3.63) is 128 Å². The van der Waals surface area contributed by atoms with Gasteiger partial charge in [0.1, 0.15) is 23.0 Å². The number of phenols is 1. The van der Waals surface area contributed by atoms with E-state index in [4.69, 9.17) is 74.7 Å². The molecule has 112 heavy (non-hydrogen) atoms. The van der Waals surface area contributed by atoms with E-state index in [0.29, 0.717) is 48.8 Å². The van der Waals surface area contributed by atoms with Gasteiger partial charge in [-0.1, -0.05) is 72.2 Å². The SMILES string of the molecule is CCc1cc(O)c2cc(-c3cc(C45CC6CC(CC(C6)C4)C5)ccc3OCOCCOC)ccc2c1.CCc1cc(OC(C)=O)c2cc(Br)ccc2c1.COCCOCOc1ccc(C23CC4CC(CC(C4)C2)C3)cc1Br.O=C=O.O=C=O.S=S=S=S=S=S.S=S=S=S=S=S=S=S=S=S.S=S=S=S=S=S=S=S=S=S=S=S=S. The minimum absolute atomic E-state index is 0.186. The van der Waals surface area contributed by atoms with Crippen molar-refractivity contribution >= 4 is 343 Å². The van der Waals surface area contributed by atoms with Gasteiger partial charge in [-0.05, 0) is 245 Å². The van der Waals surface area contributed by atoms with E-state index in [0.717, 1.165) is 113 Å². The van der Waals surface area contributed by atoms with Gasteiger partial charge in [-0.2, -0.15) is 19.2 Å². The molecule has 14 rings (SSSR count). The molecule has 8 saturated carbocycles. The van der Waals surface area contributed by atoms with E-state index in [1.54, 1.807) is 147 Å². The Morgan fingerprint density at radius 3 is 1.21 bits per heavy atom. The van der Waals surface area contributed by atoms with Gasteiger partial charge in [-0.25, -0.2) is 0 Å². The molecular formula is C68H78Br2O13S29. The summed E-state index contributed by atoms with van der Waals surface area (Å²) in [6.07, 6.45) is 19.3. The number of carbonyl (C=O) groups excluding carboxylic acids is 5. The highest BCUT2D eigenvalue weighted by Crippen LogP contribution is 2.62. The molecule has 6 aromatic rings. The number of hydrogen-bond donors (Lipinski definition) is 1. The van der Waals surface area contributed by atoms with Gasteiger partial charge >= 0.3 is 18.3 Å². The minimum Gasteiger partial charge on any atom is -0.507 e. The Morgan fingerprint density at radius 2 is 0.812 bits per heavy atom. The second-order valence-electron chi connectivity index (χ2n) is 25.1. The number of aromatic hydroxyl groups is 1. The van der Waals surface area contributed by atoms with Crippen LogP contribution in [0, 0.1) is 35.5 Å². The summed E-state index contributed by atoms with van der Waals surface area (Å²) in [6, 6.07) is 34.0. The van der Waals surface area contributed by atoms with Crippen LogP contribution in [0.5, 0.6) is 23.0 Å². The molecule has 8 aliphatic carbocycles. The number of ether oxygens (including phenoxy) is 7. The smallest absolute Gasteiger partial charge is 0.373 e. The number of esters is 1. The third-order valence-corrected chi connectivity index (χ3v) is 64.1. The van der Waals surface area contributed by atoms with Crippen LogP contribution in [0.4, 0.5) is 0 Å². The molecule has 0 spiro atoms. The fourth-order valence-electron chi connectivity index (χ4n) is 15.5. The van der Waals surface area contributed by atoms with Crippen molar-refractivity contribution < 1.29 is 62.2 Å². The van der Waals surface area contributed by atoms with E-state index in [1.165, 1.54) is 166 Å². The van der Waals surface area contributed by atoms with Crippen molar-refractivity contribution in [2.45, 2.75) is 121 Å². The van der Waals surface area contributed by atoms with Gasteiger partial charge in [-0.3, -0.25) is 4.79 Å². The third-order valence-electron chi connectivity index (χ3n) is 18.5. The Hall–Kier alpha value is 0.650. The number of phenolic OH excluding ortho intramolecular Hbond substituents is 1. The average Bonchev–Trinajstić information content (AvgIpc) is 0.739. The van der Waals surface area contributed by atoms with Crippen LogP contribution < -0.4 is 14.2 Å². The summed E-state index contributed by atoms with van der Waals surface area (Å²) in [5.74, 6) is 7.98. The van der Waals surface area contributed by atoms with E-state index < -0.39 is 0 Å². The Labute approximate surface area is 767 Å². The van der Waals surface area contributed by atoms with Gasteiger partial charge in [0.25, 0.3) is 0 Å². The summed E-state index contributed by atoms with van der Waals surface area (Å²) < 4.78 is 40.2. The normalized spacial score (nSPS) is 19.3. The molecule has 0 heterocycles. The van der Waals surface area contributed by atoms with Crippen LogP contribution in [0.15, 0.2) is 106 Å². The Morgan fingerprint density at radius 1 is 0.446 bits per heavy atom. The monoisotopic (exact) mass is 2190 g/mol. The zero-order chi connectivity index (χ0) is 81.4. The van der Waals surface area contributed by atoms with Crippen molar-refractivity contribution in [3.8, 4) is 34.1 Å². The molecule has 616 valence electrons. The first-order valence-electron chi connectivity index (χ1n) is 33.5. The first kappa shape index (κ1) is 103. The predicted molar refractivity (Wildman–Crippen MR) is 537 cm³/mol. The zero-order valence-electron chi connectivity index (χ0n) is 60.3. The highest BCUT2D eigenvalue weighted by atomic mass is 79.9. The molecule has 0 unspecified atom stereocenters. The zero-order valence-corrected chi connectivity index (χ0v) is 87.1. The van der Waals surface area contributed by atoms with Crippen LogP contribution in [0.25, 0.3) is 32.7 Å². The first-order valence-corrected chi connectivity index (χ1v) is 69.8. The second-order valence-corrected chi connectivity index (χ2v) is 67.6. The number of hydrogen-bond acceptors (Lipinski definition) is 19. The number of aryl methyl sites for hydroxylation is 2. The van der Waals surface area contributed by atoms with Crippen molar-refractivity contribution in [2.24, 2.45) is 35.5 Å². The highest BCUT2D eigenvalue weighted by molar-refractivity contribution is 9.11. The van der Waals surface area contributed by atoms with Crippen LogP contribution in [0.3, 0.4) is 0 Å². The van der Waals surface area contributed by atoms with Gasteiger partial charge < -0.3 is 38.3 Å². The van der Waals surface area contributed by atoms with Gasteiger partial charge in [0.15, 0.2) is 13.6 Å². The van der Waals surface area contributed by atoms with E-state index in [-0.39, 0.29) is 31.9 Å². The molecule has 0 amide bonds. The standard InChI is InChI=1S/C32H38O4.C20H27BrO3.C14H13BrO2.2CO2.S13.S10.S6/c1-3-21-13-25-4-5-26(15-28(25)30(33)14-21)29-16-27(6-7-31(29)36-20-35-9-8-34-2)32-17-22-10-23(18-32)12-24(11-22)19-32;1-22-4-5-23-13-24-19-3-2-17(9-18(19)21)20-10-14-6-15(11-20)8-16(7-14)12-20;1-3-10-6-11-4-5-12(15)8-13(11)14(7-10)17-9(2)16;2*2-1-3;1-3-5-7-9-11-13-12-10-8-6-4-2;1-3-5-7-9-10-8-6-4-2;1-3-5-6-4-2/h4-7,13-16,22-24,33H,3,8-12,17-20H2,1-2H3;2-3,9,14-16H,4-8,10-13H2,1H3;4-8H,3H2,1-2H3;;;;;. The number of fused-ring (bicyclic) bond motifs is 2. The fourth-order valence-corrected chi connectivity index (χ4v) is 63.0. The van der Waals surface area contributed by atoms with Crippen molar-refractivity contribution in [1.82, 2.24) is 0 Å². The molecule has 1 N–H and O–H groups in total. The summed E-state index contributed by atoms with van der Waals surface area (Å²) in [5.41, 5.74) is 8.19. The number of benzene rings is 6. The van der Waals surface area contributed by atoms with Crippen molar-refractivity contribution in [2.75, 3.05) is 54.2 Å². The van der Waals surface area contributed by atoms with E-state index in [9.17, 15) is 9.90 Å². The summed E-state index contributed by atoms with van der Waals surface area (Å²) in [7, 11) is 39.8. The maximum absolute atomic E-state index is 11.1. The summed E-state index contributed by atoms with van der Waals surface area (Å²) in [6.45, 7) is 8.26. The van der Waals surface area contributed by atoms with Gasteiger partial charge in [0.2, 0.25) is 0 Å². The highest BCUT2D eigenvalue weighted by Gasteiger charge is 2.53. The second kappa shape index (κ2) is 61.0. The molecular weight excluding hydrogens is 2110 g/mol. The van der Waals surface area contributed by atoms with Crippen LogP contribution in [-0.2, 0) is 338 Å². The Kier molecular flexibility index (Phi) is 56.2. The summed E-state index contributed by atoms with van der Waals surface area (Å²) in [4.78, 5) is 43.6. The third kappa shape index (κ3) is 37.4. The number of rotatable bonds is 18. The van der Waals surface area contributed by atoms with Crippen LogP contribution >= 0.6 is 31.9 Å². The number of halogens is 2. The quantitative estimate of drug-likeness (QED) is 0.0373. The summed E-state index contributed by atoms with van der Waals surface area (Å²) in [5, 5.41) is 14.8. The first-order chi connectivity index (χ1) is 54.4. The summed E-state index contributed by atoms with van der Waals surface area (Å²) >= 11 is 34.9. The van der Waals surface area contributed by atoms with Crippen LogP contribution in [0.1, 0.15) is 120 Å². The van der Waals surface area contributed by atoms with E-state index in [1.807, 2.05) is 30.3 Å². The maximum Gasteiger partial charge on any atom is 0.373 e. The van der Waals surface area contributed by atoms with Crippen molar-refractivity contribution in [3.63, 3.8) is 0 Å². The average molecular weight is 2190 g/mol. The molecule has 13 nitrogen and oxygen atoms in total. The number of methoxy groups -OCH3 is 2. The Balaban J connectivity index is 0.000000257. The van der Waals surface area contributed by atoms with E-state index >= 15 is 0 Å². The molecule has 0 saturated heterocycles. The molecule has 0 radical (unpaired) electrons. The van der Waals surface area contributed by atoms with Gasteiger partial charge in [0, 0.05) is 313 Å². The molecule has 0 atom stereocenters. The fraction of sp³-hybridized carbons (Fsp3) is 0.485. The van der Waals surface area contributed by atoms with Crippen LogP contribution in [-0.4, -0.2) is 77.6 Å². The lowest BCUT2D eigenvalue weighted by Crippen LogP contribution is -2.48. The molecule has 8 bridgehead atoms. The van der Waals surface area contributed by atoms with Gasteiger partial charge in [0.05, 0.1) is 30.9 Å². The largest absolute Gasteiger partial charge is 0.507 e. The van der Waals surface area contributed by atoms with E-state index in [2.05, 4.69) is 157 Å². The predicted octanol–water partition coefficient (Wildman–Crippen LogP) is 15.0. The Bertz CT molecular complexity index is 5190. The lowest BCUT2D eigenvalue weighted by molar-refractivity contribution is -0.193.